The van der Waals surface area contributed by atoms with Gasteiger partial charge in [0.05, 0.1) is 0 Å². The third-order valence-corrected chi connectivity index (χ3v) is 4.93. The summed E-state index contributed by atoms with van der Waals surface area (Å²) >= 11 is 0. The molecule has 1 heterocycles. The average molecular weight is 382 g/mol. The smallest absolute Gasteiger partial charge is 0.226 e. The lowest BCUT2D eigenvalue weighted by Crippen LogP contribution is -2.33. The number of nitrogens with one attached hydrogen (secondary N) is 3. The lowest BCUT2D eigenvalue weighted by Gasteiger charge is -2.27. The molecule has 1 atom stereocenters. The van der Waals surface area contributed by atoms with Gasteiger partial charge in [0.25, 0.3) is 0 Å². The van der Waals surface area contributed by atoms with Gasteiger partial charge in [-0.25, -0.2) is 0 Å². The molecule has 26 heavy (non-hydrogen) atoms. The second-order valence-electron chi connectivity index (χ2n) is 7.39. The number of hydrogen-bond donors (Lipinski definition) is 3. The van der Waals surface area contributed by atoms with Gasteiger partial charge < -0.3 is 16.0 Å². The minimum Gasteiger partial charge on any atom is -0.352 e. The predicted octanol–water partition coefficient (Wildman–Crippen LogP) is 3.34. The van der Waals surface area contributed by atoms with E-state index in [0.717, 1.165) is 37.2 Å². The molecule has 0 aromatic heterocycles. The Balaban J connectivity index is 0.00000338. The van der Waals surface area contributed by atoms with E-state index >= 15 is 0 Å². The van der Waals surface area contributed by atoms with E-state index in [9.17, 15) is 9.59 Å². The minimum absolute atomic E-state index is 0. The van der Waals surface area contributed by atoms with E-state index in [4.69, 9.17) is 0 Å². The van der Waals surface area contributed by atoms with E-state index in [2.05, 4.69) is 22.9 Å². The molecule has 1 aromatic rings. The standard InChI is InChI=1S/C20H31N3O2.ClH/c1-14(2)20(25)23-18-6-4-16(5-7-18)13-22-19(24)12-15(3)17-8-10-21-11-9-17;/h4-7,14-15,17,21H,8-13H2,1-3H3,(H,22,24)(H,23,25);1H. The molecule has 5 nitrogen and oxygen atoms in total. The van der Waals surface area contributed by atoms with Crippen molar-refractivity contribution >= 4 is 29.9 Å². The Morgan fingerprint density at radius 3 is 2.31 bits per heavy atom. The molecule has 1 aliphatic rings. The van der Waals surface area contributed by atoms with Crippen LogP contribution in [0, 0.1) is 17.8 Å². The predicted molar refractivity (Wildman–Crippen MR) is 108 cm³/mol. The summed E-state index contributed by atoms with van der Waals surface area (Å²) in [5.74, 6) is 1.16. The molecule has 1 aliphatic heterocycles. The van der Waals surface area contributed by atoms with Crippen LogP contribution in [0.4, 0.5) is 5.69 Å². The maximum absolute atomic E-state index is 12.2. The molecule has 1 saturated heterocycles. The van der Waals surface area contributed by atoms with Crippen LogP contribution in [0.1, 0.15) is 45.6 Å². The van der Waals surface area contributed by atoms with Crippen molar-refractivity contribution in [1.29, 1.82) is 0 Å². The summed E-state index contributed by atoms with van der Waals surface area (Å²) in [6.45, 7) is 8.57. The molecular formula is C20H32ClN3O2. The second kappa shape index (κ2) is 11.2. The number of carbonyl (C=O) groups is 2. The molecule has 2 rings (SSSR count). The van der Waals surface area contributed by atoms with Crippen LogP contribution in [0.25, 0.3) is 0 Å². The fourth-order valence-electron chi connectivity index (χ4n) is 3.14. The number of benzene rings is 1. The van der Waals surface area contributed by atoms with Gasteiger partial charge in [0.15, 0.2) is 0 Å². The largest absolute Gasteiger partial charge is 0.352 e. The molecule has 0 bridgehead atoms. The summed E-state index contributed by atoms with van der Waals surface area (Å²) in [5, 5.41) is 9.24. The molecular weight excluding hydrogens is 350 g/mol. The van der Waals surface area contributed by atoms with Crippen molar-refractivity contribution in [2.75, 3.05) is 18.4 Å². The van der Waals surface area contributed by atoms with Gasteiger partial charge in [-0.1, -0.05) is 32.9 Å². The van der Waals surface area contributed by atoms with Gasteiger partial charge in [0.1, 0.15) is 0 Å². The maximum Gasteiger partial charge on any atom is 0.226 e. The summed E-state index contributed by atoms with van der Waals surface area (Å²) in [6.07, 6.45) is 2.92. The highest BCUT2D eigenvalue weighted by molar-refractivity contribution is 5.92. The molecule has 0 aliphatic carbocycles. The summed E-state index contributed by atoms with van der Waals surface area (Å²) in [4.78, 5) is 23.8. The third kappa shape index (κ3) is 7.34. The lowest BCUT2D eigenvalue weighted by atomic mass is 9.84. The van der Waals surface area contributed by atoms with Gasteiger partial charge >= 0.3 is 0 Å². The van der Waals surface area contributed by atoms with Gasteiger partial charge in [0, 0.05) is 24.6 Å². The zero-order valence-corrected chi connectivity index (χ0v) is 16.8. The van der Waals surface area contributed by atoms with Crippen molar-refractivity contribution in [3.8, 4) is 0 Å². The molecule has 6 heteroatoms. The summed E-state index contributed by atoms with van der Waals surface area (Å²) < 4.78 is 0. The topological polar surface area (TPSA) is 70.2 Å². The fourth-order valence-corrected chi connectivity index (χ4v) is 3.14. The maximum atomic E-state index is 12.2. The first-order chi connectivity index (χ1) is 12.0. The summed E-state index contributed by atoms with van der Waals surface area (Å²) in [5.41, 5.74) is 1.82. The van der Waals surface area contributed by atoms with E-state index in [1.54, 1.807) is 0 Å². The van der Waals surface area contributed by atoms with Crippen molar-refractivity contribution in [1.82, 2.24) is 10.6 Å². The molecule has 3 N–H and O–H groups in total. The van der Waals surface area contributed by atoms with E-state index < -0.39 is 0 Å². The third-order valence-electron chi connectivity index (χ3n) is 4.93. The zero-order chi connectivity index (χ0) is 18.2. The quantitative estimate of drug-likeness (QED) is 0.678. The first-order valence-electron chi connectivity index (χ1n) is 9.33. The molecule has 1 fully saturated rings. The normalized spacial score (nSPS) is 15.8. The Morgan fingerprint density at radius 2 is 1.73 bits per heavy atom. The molecule has 1 unspecified atom stereocenters. The molecule has 1 aromatic carbocycles. The summed E-state index contributed by atoms with van der Waals surface area (Å²) in [6, 6.07) is 7.62. The number of amides is 2. The van der Waals surface area contributed by atoms with Crippen LogP contribution in [0.15, 0.2) is 24.3 Å². The Kier molecular flexibility index (Phi) is 9.66. The highest BCUT2D eigenvalue weighted by atomic mass is 35.5. The SMILES string of the molecule is CC(C)C(=O)Nc1ccc(CNC(=O)CC(C)C2CCNCC2)cc1.Cl. The van der Waals surface area contributed by atoms with Crippen molar-refractivity contribution in [3.05, 3.63) is 29.8 Å². The number of rotatable bonds is 7. The van der Waals surface area contributed by atoms with Crippen molar-refractivity contribution in [2.24, 2.45) is 17.8 Å². The molecule has 0 radical (unpaired) electrons. The zero-order valence-electron chi connectivity index (χ0n) is 16.0. The van der Waals surface area contributed by atoms with Crippen LogP contribution in [-0.4, -0.2) is 24.9 Å². The Bertz CT molecular complexity index is 569. The Hall–Kier alpha value is -1.59. The van der Waals surface area contributed by atoms with Crippen molar-refractivity contribution in [3.63, 3.8) is 0 Å². The van der Waals surface area contributed by atoms with Crippen molar-refractivity contribution in [2.45, 2.75) is 46.6 Å². The Morgan fingerprint density at radius 1 is 1.12 bits per heavy atom. The summed E-state index contributed by atoms with van der Waals surface area (Å²) in [7, 11) is 0. The second-order valence-corrected chi connectivity index (χ2v) is 7.39. The monoisotopic (exact) mass is 381 g/mol. The Labute approximate surface area is 163 Å². The number of carbonyl (C=O) groups excluding carboxylic acids is 2. The van der Waals surface area contributed by atoms with Crippen LogP contribution in [-0.2, 0) is 16.1 Å². The number of anilines is 1. The minimum atomic E-state index is -0.0408. The van der Waals surface area contributed by atoms with Gasteiger partial charge in [-0.15, -0.1) is 12.4 Å². The number of halogens is 1. The van der Waals surface area contributed by atoms with Crippen LogP contribution < -0.4 is 16.0 Å². The number of piperidine rings is 1. The van der Waals surface area contributed by atoms with Gasteiger partial charge in [-0.3, -0.25) is 9.59 Å². The van der Waals surface area contributed by atoms with Gasteiger partial charge in [-0.2, -0.15) is 0 Å². The fraction of sp³-hybridized carbons (Fsp3) is 0.600. The first-order valence-corrected chi connectivity index (χ1v) is 9.33. The molecule has 2 amide bonds. The highest BCUT2D eigenvalue weighted by Crippen LogP contribution is 2.24. The molecule has 0 saturated carbocycles. The van der Waals surface area contributed by atoms with Crippen LogP contribution in [0.2, 0.25) is 0 Å². The van der Waals surface area contributed by atoms with E-state index in [0.29, 0.717) is 24.8 Å². The molecule has 0 spiro atoms. The highest BCUT2D eigenvalue weighted by Gasteiger charge is 2.21. The van der Waals surface area contributed by atoms with Crippen LogP contribution >= 0.6 is 12.4 Å². The van der Waals surface area contributed by atoms with Gasteiger partial charge in [0.2, 0.25) is 11.8 Å². The van der Waals surface area contributed by atoms with E-state index in [-0.39, 0.29) is 30.1 Å². The van der Waals surface area contributed by atoms with E-state index in [1.165, 1.54) is 0 Å². The van der Waals surface area contributed by atoms with Crippen LogP contribution in [0.5, 0.6) is 0 Å². The molecule has 146 valence electrons. The van der Waals surface area contributed by atoms with Crippen LogP contribution in [0.3, 0.4) is 0 Å². The van der Waals surface area contributed by atoms with E-state index in [1.807, 2.05) is 38.1 Å². The lowest BCUT2D eigenvalue weighted by molar-refractivity contribution is -0.122. The average Bonchev–Trinajstić information content (AvgIpc) is 2.61. The first kappa shape index (κ1) is 22.5. The number of hydrogen-bond acceptors (Lipinski definition) is 3. The van der Waals surface area contributed by atoms with Crippen molar-refractivity contribution < 1.29 is 9.59 Å². The van der Waals surface area contributed by atoms with Gasteiger partial charge in [-0.05, 0) is 55.5 Å².